The number of hydrogen-bond acceptors (Lipinski definition) is 4. The molecule has 0 unspecified atom stereocenters. The van der Waals surface area contributed by atoms with Crippen LogP contribution in [0.1, 0.15) is 32.7 Å². The summed E-state index contributed by atoms with van der Waals surface area (Å²) in [4.78, 5) is 20.9. The topological polar surface area (TPSA) is 66.9 Å². The number of nitrogens with zero attached hydrogens (tertiary/aromatic N) is 2. The summed E-state index contributed by atoms with van der Waals surface area (Å²) in [5, 5.41) is 6.15. The number of benzene rings is 2. The fourth-order valence-electron chi connectivity index (χ4n) is 2.91. The van der Waals surface area contributed by atoms with Crippen LogP contribution in [-0.4, -0.2) is 15.9 Å². The van der Waals surface area contributed by atoms with Gasteiger partial charge in [0.2, 0.25) is 0 Å². The molecule has 2 aromatic carbocycles. The van der Waals surface area contributed by atoms with Crippen molar-refractivity contribution in [1.82, 2.24) is 9.97 Å². The minimum Gasteiger partial charge on any atom is -0.339 e. The van der Waals surface area contributed by atoms with E-state index in [0.29, 0.717) is 5.82 Å². The second-order valence-corrected chi connectivity index (χ2v) is 6.45. The number of hydrogen-bond donors (Lipinski definition) is 2. The summed E-state index contributed by atoms with van der Waals surface area (Å²) in [6, 6.07) is 11.9. The predicted octanol–water partition coefficient (Wildman–Crippen LogP) is 4.71. The average Bonchev–Trinajstić information content (AvgIpc) is 2.60. The van der Waals surface area contributed by atoms with Gasteiger partial charge in [-0.2, -0.15) is 0 Å². The van der Waals surface area contributed by atoms with Crippen molar-refractivity contribution in [3.8, 4) is 0 Å². The van der Waals surface area contributed by atoms with Gasteiger partial charge in [0.05, 0.1) is 12.4 Å². The third-order valence-corrected chi connectivity index (χ3v) is 4.21. The molecule has 3 rings (SSSR count). The van der Waals surface area contributed by atoms with Gasteiger partial charge >= 0.3 is 0 Å². The monoisotopic (exact) mass is 346 g/mol. The standard InChI is InChI=1S/C21H22N4O/c1-13-9-15(3)20(16(4)10-13)25-19-12-22-18(11-23-19)21(26)24-17-8-6-5-7-14(17)2/h5-12H,1-4H3,(H,23,25)(H,24,26). The van der Waals surface area contributed by atoms with Crippen LogP contribution in [0, 0.1) is 27.7 Å². The highest BCUT2D eigenvalue weighted by Crippen LogP contribution is 2.24. The van der Waals surface area contributed by atoms with Crippen LogP contribution in [-0.2, 0) is 0 Å². The van der Waals surface area contributed by atoms with E-state index in [1.165, 1.54) is 11.8 Å². The smallest absolute Gasteiger partial charge is 0.275 e. The van der Waals surface area contributed by atoms with Gasteiger partial charge in [-0.15, -0.1) is 0 Å². The van der Waals surface area contributed by atoms with E-state index in [9.17, 15) is 4.79 Å². The minimum absolute atomic E-state index is 0.274. The quantitative estimate of drug-likeness (QED) is 0.718. The summed E-state index contributed by atoms with van der Waals surface area (Å²) in [6.07, 6.45) is 3.06. The molecule has 0 aliphatic carbocycles. The van der Waals surface area contributed by atoms with E-state index in [2.05, 4.69) is 53.5 Å². The van der Waals surface area contributed by atoms with Crippen LogP contribution in [0.15, 0.2) is 48.8 Å². The maximum absolute atomic E-state index is 12.3. The largest absolute Gasteiger partial charge is 0.339 e. The summed E-state index contributed by atoms with van der Waals surface area (Å²) in [5.41, 5.74) is 6.57. The Morgan fingerprint density at radius 3 is 2.19 bits per heavy atom. The highest BCUT2D eigenvalue weighted by atomic mass is 16.1. The summed E-state index contributed by atoms with van der Waals surface area (Å²) in [6.45, 7) is 8.13. The molecule has 0 bridgehead atoms. The van der Waals surface area contributed by atoms with Crippen molar-refractivity contribution >= 4 is 23.1 Å². The molecule has 2 N–H and O–H groups in total. The molecule has 1 amide bonds. The van der Waals surface area contributed by atoms with E-state index in [-0.39, 0.29) is 11.6 Å². The molecule has 0 aliphatic heterocycles. The van der Waals surface area contributed by atoms with Gasteiger partial charge in [-0.05, 0) is 50.5 Å². The number of aryl methyl sites for hydroxylation is 4. The molecular weight excluding hydrogens is 324 g/mol. The van der Waals surface area contributed by atoms with Crippen LogP contribution in [0.25, 0.3) is 0 Å². The van der Waals surface area contributed by atoms with Crippen molar-refractivity contribution in [2.24, 2.45) is 0 Å². The van der Waals surface area contributed by atoms with Crippen molar-refractivity contribution < 1.29 is 4.79 Å². The van der Waals surface area contributed by atoms with Gasteiger partial charge in [-0.25, -0.2) is 9.97 Å². The molecule has 0 spiro atoms. The van der Waals surface area contributed by atoms with Crippen LogP contribution < -0.4 is 10.6 Å². The van der Waals surface area contributed by atoms with Crippen LogP contribution in [0.2, 0.25) is 0 Å². The molecule has 1 heterocycles. The van der Waals surface area contributed by atoms with Crippen LogP contribution >= 0.6 is 0 Å². The summed E-state index contributed by atoms with van der Waals surface area (Å²) >= 11 is 0. The van der Waals surface area contributed by atoms with Crippen molar-refractivity contribution in [2.45, 2.75) is 27.7 Å². The van der Waals surface area contributed by atoms with E-state index in [4.69, 9.17) is 0 Å². The number of aromatic nitrogens is 2. The van der Waals surface area contributed by atoms with Crippen molar-refractivity contribution in [1.29, 1.82) is 0 Å². The molecular formula is C21H22N4O. The van der Waals surface area contributed by atoms with Crippen LogP contribution in [0.3, 0.4) is 0 Å². The zero-order chi connectivity index (χ0) is 18.7. The molecule has 0 saturated carbocycles. The van der Waals surface area contributed by atoms with Crippen LogP contribution in [0.4, 0.5) is 17.2 Å². The van der Waals surface area contributed by atoms with E-state index in [1.54, 1.807) is 6.20 Å². The Labute approximate surface area is 153 Å². The van der Waals surface area contributed by atoms with Gasteiger partial charge in [0.25, 0.3) is 5.91 Å². The molecule has 0 atom stereocenters. The lowest BCUT2D eigenvalue weighted by molar-refractivity contribution is 0.102. The fraction of sp³-hybridized carbons (Fsp3) is 0.190. The van der Waals surface area contributed by atoms with Gasteiger partial charge in [0, 0.05) is 11.4 Å². The van der Waals surface area contributed by atoms with Gasteiger partial charge in [0.15, 0.2) is 0 Å². The molecule has 0 fully saturated rings. The number of para-hydroxylation sites is 1. The van der Waals surface area contributed by atoms with Gasteiger partial charge in [0.1, 0.15) is 11.5 Å². The lowest BCUT2D eigenvalue weighted by atomic mass is 10.1. The Kier molecular flexibility index (Phi) is 4.98. The Bertz CT molecular complexity index is 925. The molecule has 132 valence electrons. The number of nitrogens with one attached hydrogen (secondary N) is 2. The van der Waals surface area contributed by atoms with E-state index in [0.717, 1.165) is 28.1 Å². The molecule has 26 heavy (non-hydrogen) atoms. The van der Waals surface area contributed by atoms with E-state index in [1.807, 2.05) is 31.2 Å². The third kappa shape index (κ3) is 3.88. The zero-order valence-electron chi connectivity index (χ0n) is 15.4. The Hall–Kier alpha value is -3.21. The third-order valence-electron chi connectivity index (χ3n) is 4.21. The minimum atomic E-state index is -0.277. The second kappa shape index (κ2) is 7.35. The Morgan fingerprint density at radius 2 is 1.58 bits per heavy atom. The number of rotatable bonds is 4. The van der Waals surface area contributed by atoms with Gasteiger partial charge < -0.3 is 10.6 Å². The molecule has 1 aromatic heterocycles. The molecule has 5 nitrogen and oxygen atoms in total. The van der Waals surface area contributed by atoms with Crippen molar-refractivity contribution in [3.63, 3.8) is 0 Å². The summed E-state index contributed by atoms with van der Waals surface area (Å²) in [7, 11) is 0. The Morgan fingerprint density at radius 1 is 0.885 bits per heavy atom. The normalized spacial score (nSPS) is 10.5. The first-order valence-corrected chi connectivity index (χ1v) is 8.48. The van der Waals surface area contributed by atoms with Gasteiger partial charge in [-0.1, -0.05) is 35.9 Å². The molecule has 3 aromatic rings. The van der Waals surface area contributed by atoms with Crippen LogP contribution in [0.5, 0.6) is 0 Å². The molecule has 0 radical (unpaired) electrons. The lowest BCUT2D eigenvalue weighted by Crippen LogP contribution is -2.15. The number of carbonyl (C=O) groups excluding carboxylic acids is 1. The van der Waals surface area contributed by atoms with Crippen molar-refractivity contribution in [3.05, 3.63) is 76.7 Å². The van der Waals surface area contributed by atoms with E-state index < -0.39 is 0 Å². The maximum atomic E-state index is 12.3. The SMILES string of the molecule is Cc1cc(C)c(Nc2cnc(C(=O)Nc3ccccc3C)cn2)c(C)c1. The highest BCUT2D eigenvalue weighted by molar-refractivity contribution is 6.03. The van der Waals surface area contributed by atoms with E-state index >= 15 is 0 Å². The molecule has 0 aliphatic rings. The number of anilines is 3. The predicted molar refractivity (Wildman–Crippen MR) is 105 cm³/mol. The first-order chi connectivity index (χ1) is 12.4. The number of carbonyl (C=O) groups is 1. The number of amides is 1. The Balaban J connectivity index is 1.75. The average molecular weight is 346 g/mol. The first kappa shape index (κ1) is 17.6. The second-order valence-electron chi connectivity index (χ2n) is 6.45. The molecule has 0 saturated heterocycles. The lowest BCUT2D eigenvalue weighted by Gasteiger charge is -2.13. The first-order valence-electron chi connectivity index (χ1n) is 8.48. The summed E-state index contributed by atoms with van der Waals surface area (Å²) < 4.78 is 0. The summed E-state index contributed by atoms with van der Waals surface area (Å²) in [5.74, 6) is 0.327. The molecule has 5 heteroatoms. The fourth-order valence-corrected chi connectivity index (χ4v) is 2.91. The maximum Gasteiger partial charge on any atom is 0.275 e. The highest BCUT2D eigenvalue weighted by Gasteiger charge is 2.11. The van der Waals surface area contributed by atoms with Crippen molar-refractivity contribution in [2.75, 3.05) is 10.6 Å². The zero-order valence-corrected chi connectivity index (χ0v) is 15.4. The van der Waals surface area contributed by atoms with Gasteiger partial charge in [-0.3, -0.25) is 4.79 Å².